The van der Waals surface area contributed by atoms with E-state index in [9.17, 15) is 9.59 Å². The zero-order valence-electron chi connectivity index (χ0n) is 19.0. The highest BCUT2D eigenvalue weighted by Gasteiger charge is 2.46. The van der Waals surface area contributed by atoms with Crippen LogP contribution in [-0.2, 0) is 9.59 Å². The molecule has 0 aliphatic carbocycles. The SMILES string of the molecule is COc1ccc(C2C(C(=O)N3CCCN(C)CC3)CC(=O)N2c2ccc(OC)cc2)cc1. The van der Waals surface area contributed by atoms with E-state index in [1.807, 2.05) is 53.4 Å². The fraction of sp³-hybridized carbons (Fsp3) is 0.440. The van der Waals surface area contributed by atoms with Crippen molar-refractivity contribution in [1.82, 2.24) is 9.80 Å². The van der Waals surface area contributed by atoms with Crippen LogP contribution >= 0.6 is 0 Å². The number of methoxy groups -OCH3 is 2. The van der Waals surface area contributed by atoms with Crippen LogP contribution in [-0.4, -0.2) is 69.1 Å². The van der Waals surface area contributed by atoms with Crippen LogP contribution in [0.15, 0.2) is 48.5 Å². The lowest BCUT2D eigenvalue weighted by molar-refractivity contribution is -0.136. The van der Waals surface area contributed by atoms with E-state index in [-0.39, 0.29) is 24.3 Å². The number of carbonyl (C=O) groups is 2. The smallest absolute Gasteiger partial charge is 0.228 e. The molecule has 0 aromatic heterocycles. The molecule has 2 aromatic rings. The van der Waals surface area contributed by atoms with Gasteiger partial charge < -0.3 is 24.2 Å². The number of ether oxygens (including phenoxy) is 2. The first-order chi connectivity index (χ1) is 15.5. The van der Waals surface area contributed by atoms with Crippen molar-refractivity contribution in [3.63, 3.8) is 0 Å². The quantitative estimate of drug-likeness (QED) is 0.720. The van der Waals surface area contributed by atoms with Gasteiger partial charge in [0.15, 0.2) is 0 Å². The van der Waals surface area contributed by atoms with E-state index in [4.69, 9.17) is 9.47 Å². The summed E-state index contributed by atoms with van der Waals surface area (Å²) in [5, 5.41) is 0. The Morgan fingerprint density at radius 2 is 1.50 bits per heavy atom. The number of hydrogen-bond donors (Lipinski definition) is 0. The van der Waals surface area contributed by atoms with Gasteiger partial charge in [-0.05, 0) is 62.0 Å². The summed E-state index contributed by atoms with van der Waals surface area (Å²) >= 11 is 0. The molecule has 2 aliphatic rings. The largest absolute Gasteiger partial charge is 0.497 e. The van der Waals surface area contributed by atoms with Crippen LogP contribution in [0.5, 0.6) is 11.5 Å². The van der Waals surface area contributed by atoms with Crippen molar-refractivity contribution in [1.29, 1.82) is 0 Å². The number of benzene rings is 2. The van der Waals surface area contributed by atoms with Gasteiger partial charge in [-0.3, -0.25) is 9.59 Å². The standard InChI is InChI=1S/C25H31N3O4/c1-26-13-4-14-27(16-15-26)25(30)22-17-23(29)28(19-7-11-21(32-3)12-8-19)24(22)18-5-9-20(31-2)10-6-18/h5-12,22,24H,4,13-17H2,1-3H3. The monoisotopic (exact) mass is 437 g/mol. The number of amides is 2. The van der Waals surface area contributed by atoms with E-state index in [2.05, 4.69) is 11.9 Å². The van der Waals surface area contributed by atoms with Gasteiger partial charge in [0.25, 0.3) is 0 Å². The molecule has 2 saturated heterocycles. The molecule has 4 rings (SSSR count). The van der Waals surface area contributed by atoms with E-state index in [1.165, 1.54) is 0 Å². The zero-order valence-corrected chi connectivity index (χ0v) is 19.0. The van der Waals surface area contributed by atoms with E-state index in [0.29, 0.717) is 6.54 Å². The summed E-state index contributed by atoms with van der Waals surface area (Å²) in [7, 11) is 5.32. The Kier molecular flexibility index (Phi) is 6.65. The van der Waals surface area contributed by atoms with Crippen molar-refractivity contribution in [3.8, 4) is 11.5 Å². The van der Waals surface area contributed by atoms with Crippen molar-refractivity contribution in [2.24, 2.45) is 5.92 Å². The minimum Gasteiger partial charge on any atom is -0.497 e. The number of hydrogen-bond acceptors (Lipinski definition) is 5. The highest BCUT2D eigenvalue weighted by Crippen LogP contribution is 2.43. The molecule has 0 N–H and O–H groups in total. The molecule has 0 radical (unpaired) electrons. The minimum absolute atomic E-state index is 0.0405. The van der Waals surface area contributed by atoms with Crippen molar-refractivity contribution in [2.45, 2.75) is 18.9 Å². The van der Waals surface area contributed by atoms with Crippen molar-refractivity contribution in [2.75, 3.05) is 52.3 Å². The maximum absolute atomic E-state index is 13.7. The maximum Gasteiger partial charge on any atom is 0.228 e. The molecule has 2 atom stereocenters. The Hall–Kier alpha value is -3.06. The van der Waals surface area contributed by atoms with Gasteiger partial charge in [0.1, 0.15) is 11.5 Å². The molecule has 0 bridgehead atoms. The molecule has 2 aromatic carbocycles. The molecule has 2 fully saturated rings. The molecule has 32 heavy (non-hydrogen) atoms. The second-order valence-electron chi connectivity index (χ2n) is 8.47. The van der Waals surface area contributed by atoms with Crippen LogP contribution in [0.4, 0.5) is 5.69 Å². The first kappa shape index (κ1) is 22.1. The van der Waals surface area contributed by atoms with Crippen molar-refractivity contribution in [3.05, 3.63) is 54.1 Å². The van der Waals surface area contributed by atoms with Crippen molar-refractivity contribution >= 4 is 17.5 Å². The molecule has 2 amide bonds. The summed E-state index contributed by atoms with van der Waals surface area (Å²) in [6.45, 7) is 3.25. The summed E-state index contributed by atoms with van der Waals surface area (Å²) in [5.74, 6) is 1.06. The maximum atomic E-state index is 13.7. The second kappa shape index (κ2) is 9.61. The fourth-order valence-electron chi connectivity index (χ4n) is 4.69. The Bertz CT molecular complexity index is 945. The third kappa shape index (κ3) is 4.43. The summed E-state index contributed by atoms with van der Waals surface area (Å²) in [4.78, 5) is 32.9. The van der Waals surface area contributed by atoms with Gasteiger partial charge >= 0.3 is 0 Å². The number of nitrogens with zero attached hydrogens (tertiary/aromatic N) is 3. The van der Waals surface area contributed by atoms with Crippen LogP contribution in [0.1, 0.15) is 24.4 Å². The van der Waals surface area contributed by atoms with Gasteiger partial charge in [-0.2, -0.15) is 0 Å². The van der Waals surface area contributed by atoms with Gasteiger partial charge in [-0.25, -0.2) is 0 Å². The third-order valence-electron chi connectivity index (χ3n) is 6.48. The molecule has 0 saturated carbocycles. The number of rotatable bonds is 5. The lowest BCUT2D eigenvalue weighted by Crippen LogP contribution is -2.41. The molecular formula is C25H31N3O4. The van der Waals surface area contributed by atoms with Crippen LogP contribution in [0.2, 0.25) is 0 Å². The molecule has 2 aliphatic heterocycles. The topological polar surface area (TPSA) is 62.3 Å². The summed E-state index contributed by atoms with van der Waals surface area (Å²) in [6.07, 6.45) is 1.15. The summed E-state index contributed by atoms with van der Waals surface area (Å²) < 4.78 is 10.6. The van der Waals surface area contributed by atoms with E-state index in [1.54, 1.807) is 19.1 Å². The summed E-state index contributed by atoms with van der Waals surface area (Å²) in [6, 6.07) is 14.7. The lowest BCUT2D eigenvalue weighted by Gasteiger charge is -2.31. The highest BCUT2D eigenvalue weighted by molar-refractivity contribution is 6.01. The molecular weight excluding hydrogens is 406 g/mol. The van der Waals surface area contributed by atoms with Gasteiger partial charge in [0.2, 0.25) is 11.8 Å². The van der Waals surface area contributed by atoms with Gasteiger partial charge in [0, 0.05) is 31.7 Å². The third-order valence-corrected chi connectivity index (χ3v) is 6.48. The van der Waals surface area contributed by atoms with Crippen LogP contribution < -0.4 is 14.4 Å². The van der Waals surface area contributed by atoms with Gasteiger partial charge in [-0.1, -0.05) is 12.1 Å². The molecule has 2 heterocycles. The van der Waals surface area contributed by atoms with Crippen molar-refractivity contribution < 1.29 is 19.1 Å². The normalized spacial score (nSPS) is 22.0. The molecule has 7 nitrogen and oxygen atoms in total. The van der Waals surface area contributed by atoms with Gasteiger partial charge in [-0.15, -0.1) is 0 Å². The van der Waals surface area contributed by atoms with Crippen LogP contribution in [0, 0.1) is 5.92 Å². The molecule has 7 heteroatoms. The zero-order chi connectivity index (χ0) is 22.7. The molecule has 2 unspecified atom stereocenters. The minimum atomic E-state index is -0.429. The predicted molar refractivity (Wildman–Crippen MR) is 123 cm³/mol. The first-order valence-corrected chi connectivity index (χ1v) is 11.1. The molecule has 170 valence electrons. The van der Waals surface area contributed by atoms with Gasteiger partial charge in [0.05, 0.1) is 26.2 Å². The van der Waals surface area contributed by atoms with E-state index in [0.717, 1.165) is 48.8 Å². The Balaban J connectivity index is 1.69. The second-order valence-corrected chi connectivity index (χ2v) is 8.47. The van der Waals surface area contributed by atoms with Crippen LogP contribution in [0.3, 0.4) is 0 Å². The Labute approximate surface area is 189 Å². The predicted octanol–water partition coefficient (Wildman–Crippen LogP) is 2.96. The Morgan fingerprint density at radius 1 is 0.875 bits per heavy atom. The number of anilines is 1. The summed E-state index contributed by atoms with van der Waals surface area (Å²) in [5.41, 5.74) is 1.69. The lowest BCUT2D eigenvalue weighted by atomic mass is 9.92. The fourth-order valence-corrected chi connectivity index (χ4v) is 4.69. The highest BCUT2D eigenvalue weighted by atomic mass is 16.5. The van der Waals surface area contributed by atoms with Crippen LogP contribution in [0.25, 0.3) is 0 Å². The Morgan fingerprint density at radius 3 is 2.12 bits per heavy atom. The first-order valence-electron chi connectivity index (χ1n) is 11.1. The number of carbonyl (C=O) groups excluding carboxylic acids is 2. The van der Waals surface area contributed by atoms with E-state index >= 15 is 0 Å². The number of likely N-dealkylation sites (N-methyl/N-ethyl adjacent to an activating group) is 1. The molecule has 0 spiro atoms. The van der Waals surface area contributed by atoms with E-state index < -0.39 is 5.92 Å². The average Bonchev–Trinajstić information content (AvgIpc) is 3.02. The average molecular weight is 438 g/mol.